The van der Waals surface area contributed by atoms with Crippen molar-refractivity contribution in [2.75, 3.05) is 11.5 Å². The van der Waals surface area contributed by atoms with Crippen LogP contribution < -0.4 is 10.6 Å². The number of tetrazole rings is 1. The summed E-state index contributed by atoms with van der Waals surface area (Å²) in [6.07, 6.45) is 1.38. The molecule has 11 heteroatoms. The molecular weight excluding hydrogens is 438 g/mol. The Labute approximate surface area is 195 Å². The predicted molar refractivity (Wildman–Crippen MR) is 121 cm³/mol. The number of hydrogen-bond donors (Lipinski definition) is 1. The number of aryl methyl sites for hydroxylation is 1. The van der Waals surface area contributed by atoms with Gasteiger partial charge in [0.2, 0.25) is 5.82 Å². The number of rotatable bonds is 6. The van der Waals surface area contributed by atoms with Crippen LogP contribution in [0.25, 0.3) is 22.6 Å². The summed E-state index contributed by atoms with van der Waals surface area (Å²) >= 11 is 0. The zero-order chi connectivity index (χ0) is 24.0. The molecule has 0 spiro atoms. The van der Waals surface area contributed by atoms with E-state index in [1.54, 1.807) is 18.1 Å². The standard InChI is InChI=1S/C23H25N7O4/c1-12(2)20(24)22(31)33-11-19-18-9-15-8-13(5-7-17(15)30(18)23(32)34-19)14-4-6-16(25-10-14)21-26-28-29(3)27-21/h4-8,10,12,18-20H,9,11,24H2,1-3H3. The third-order valence-electron chi connectivity index (χ3n) is 6.19. The molecule has 4 heterocycles. The van der Waals surface area contributed by atoms with E-state index in [1.165, 1.54) is 4.80 Å². The first-order chi connectivity index (χ1) is 16.3. The van der Waals surface area contributed by atoms with Crippen LogP contribution in [0.2, 0.25) is 0 Å². The summed E-state index contributed by atoms with van der Waals surface area (Å²) in [4.78, 5) is 32.2. The van der Waals surface area contributed by atoms with Gasteiger partial charge in [-0.05, 0) is 46.9 Å². The molecule has 1 fully saturated rings. The van der Waals surface area contributed by atoms with Crippen molar-refractivity contribution < 1.29 is 19.1 Å². The second-order valence-electron chi connectivity index (χ2n) is 8.84. The predicted octanol–water partition coefficient (Wildman–Crippen LogP) is 1.72. The third-order valence-corrected chi connectivity index (χ3v) is 6.19. The first-order valence-electron chi connectivity index (χ1n) is 11.1. The van der Waals surface area contributed by atoms with Gasteiger partial charge in [0.05, 0.1) is 18.8 Å². The van der Waals surface area contributed by atoms with E-state index in [9.17, 15) is 9.59 Å². The summed E-state index contributed by atoms with van der Waals surface area (Å²) < 4.78 is 10.8. The molecule has 0 bridgehead atoms. The van der Waals surface area contributed by atoms with Crippen molar-refractivity contribution in [2.24, 2.45) is 18.7 Å². The fraction of sp³-hybridized carbons (Fsp3) is 0.391. The number of aromatic nitrogens is 5. The number of nitrogens with two attached hydrogens (primary N) is 1. The smallest absolute Gasteiger partial charge is 0.415 e. The topological polar surface area (TPSA) is 138 Å². The number of pyridine rings is 1. The van der Waals surface area contributed by atoms with Crippen molar-refractivity contribution in [1.29, 1.82) is 0 Å². The van der Waals surface area contributed by atoms with Crippen LogP contribution in [0.5, 0.6) is 0 Å². The summed E-state index contributed by atoms with van der Waals surface area (Å²) in [6, 6.07) is 8.77. The summed E-state index contributed by atoms with van der Waals surface area (Å²) in [5.74, 6) is -0.0668. The average Bonchev–Trinajstić information content (AvgIpc) is 3.51. The van der Waals surface area contributed by atoms with E-state index in [2.05, 4.69) is 26.5 Å². The third kappa shape index (κ3) is 3.87. The van der Waals surface area contributed by atoms with Crippen LogP contribution >= 0.6 is 0 Å². The molecule has 1 amide bonds. The van der Waals surface area contributed by atoms with Gasteiger partial charge in [-0.3, -0.25) is 14.7 Å². The van der Waals surface area contributed by atoms with Gasteiger partial charge in [-0.15, -0.1) is 10.2 Å². The quantitative estimate of drug-likeness (QED) is 0.541. The van der Waals surface area contributed by atoms with Crippen molar-refractivity contribution in [3.63, 3.8) is 0 Å². The molecule has 11 nitrogen and oxygen atoms in total. The molecule has 3 atom stereocenters. The second kappa shape index (κ2) is 8.49. The van der Waals surface area contributed by atoms with Crippen molar-refractivity contribution in [2.45, 2.75) is 38.5 Å². The highest BCUT2D eigenvalue weighted by Gasteiger charge is 2.48. The largest absolute Gasteiger partial charge is 0.460 e. The van der Waals surface area contributed by atoms with Gasteiger partial charge >= 0.3 is 12.1 Å². The first kappa shape index (κ1) is 22.0. The molecule has 2 aliphatic heterocycles. The Morgan fingerprint density at radius 3 is 2.74 bits per heavy atom. The number of benzene rings is 1. The molecule has 2 aromatic heterocycles. The van der Waals surface area contributed by atoms with Crippen molar-refractivity contribution >= 4 is 17.7 Å². The van der Waals surface area contributed by atoms with E-state index in [4.69, 9.17) is 15.2 Å². The molecule has 1 aromatic carbocycles. The van der Waals surface area contributed by atoms with Crippen LogP contribution in [0, 0.1) is 5.92 Å². The normalized spacial score (nSPS) is 19.7. The lowest BCUT2D eigenvalue weighted by atomic mass is 10.0. The van der Waals surface area contributed by atoms with E-state index < -0.39 is 24.2 Å². The second-order valence-corrected chi connectivity index (χ2v) is 8.84. The highest BCUT2D eigenvalue weighted by molar-refractivity contribution is 5.94. The maximum Gasteiger partial charge on any atom is 0.415 e. The van der Waals surface area contributed by atoms with Crippen LogP contribution in [0.4, 0.5) is 10.5 Å². The van der Waals surface area contributed by atoms with E-state index in [1.807, 2.05) is 38.1 Å². The summed E-state index contributed by atoms with van der Waals surface area (Å²) in [5, 5.41) is 12.0. The number of anilines is 1. The van der Waals surface area contributed by atoms with E-state index in [0.29, 0.717) is 17.9 Å². The monoisotopic (exact) mass is 463 g/mol. The molecule has 176 valence electrons. The molecule has 0 radical (unpaired) electrons. The van der Waals surface area contributed by atoms with Gasteiger partial charge in [-0.2, -0.15) is 4.80 Å². The molecule has 3 unspecified atom stereocenters. The van der Waals surface area contributed by atoms with Gasteiger partial charge in [-0.25, -0.2) is 4.79 Å². The van der Waals surface area contributed by atoms with Gasteiger partial charge < -0.3 is 15.2 Å². The fourth-order valence-electron chi connectivity index (χ4n) is 4.22. The Balaban J connectivity index is 1.31. The lowest BCUT2D eigenvalue weighted by Crippen LogP contribution is -2.40. The Morgan fingerprint density at radius 1 is 1.26 bits per heavy atom. The molecule has 1 saturated heterocycles. The number of ether oxygens (including phenoxy) is 2. The van der Waals surface area contributed by atoms with E-state index in [-0.39, 0.29) is 18.6 Å². The van der Waals surface area contributed by atoms with Gasteiger partial charge in [0.25, 0.3) is 0 Å². The highest BCUT2D eigenvalue weighted by atomic mass is 16.6. The molecule has 5 rings (SSSR count). The molecule has 2 aliphatic rings. The molecule has 34 heavy (non-hydrogen) atoms. The number of cyclic esters (lactones) is 1. The van der Waals surface area contributed by atoms with Crippen molar-refractivity contribution in [3.8, 4) is 22.6 Å². The maximum absolute atomic E-state index is 12.6. The number of fused-ring (bicyclic) bond motifs is 3. The van der Waals surface area contributed by atoms with E-state index >= 15 is 0 Å². The summed E-state index contributed by atoms with van der Waals surface area (Å²) in [5.41, 5.74) is 10.2. The van der Waals surface area contributed by atoms with Crippen molar-refractivity contribution in [1.82, 2.24) is 25.2 Å². The van der Waals surface area contributed by atoms with E-state index in [0.717, 1.165) is 22.4 Å². The minimum Gasteiger partial charge on any atom is -0.460 e. The SMILES string of the molecule is CC(C)C(N)C(=O)OCC1OC(=O)N2c3ccc(-c4ccc(-c5nnn(C)n5)nc4)cc3CC12. The number of carbonyl (C=O) groups excluding carboxylic acids is 2. The first-order valence-corrected chi connectivity index (χ1v) is 11.1. The molecule has 0 saturated carbocycles. The number of hydrogen-bond acceptors (Lipinski definition) is 9. The van der Waals surface area contributed by atoms with Gasteiger partial charge in [-0.1, -0.05) is 26.0 Å². The van der Waals surface area contributed by atoms with Gasteiger partial charge in [0.1, 0.15) is 18.3 Å². The Bertz CT molecular complexity index is 1240. The maximum atomic E-state index is 12.6. The number of nitrogens with zero attached hydrogens (tertiary/aromatic N) is 6. The lowest BCUT2D eigenvalue weighted by molar-refractivity contribution is -0.149. The Hall–Kier alpha value is -3.86. The number of esters is 1. The highest BCUT2D eigenvalue weighted by Crippen LogP contribution is 2.40. The van der Waals surface area contributed by atoms with Crippen molar-refractivity contribution in [3.05, 3.63) is 42.1 Å². The zero-order valence-electron chi connectivity index (χ0n) is 19.1. The van der Waals surface area contributed by atoms with Crippen LogP contribution in [0.3, 0.4) is 0 Å². The number of amides is 1. The van der Waals surface area contributed by atoms with Crippen LogP contribution in [-0.2, 0) is 27.7 Å². The minimum absolute atomic E-state index is 0.0190. The average molecular weight is 463 g/mol. The Morgan fingerprint density at radius 2 is 2.06 bits per heavy atom. The Kier molecular flexibility index (Phi) is 5.48. The van der Waals surface area contributed by atoms with Gasteiger partial charge in [0, 0.05) is 11.8 Å². The molecule has 3 aromatic rings. The minimum atomic E-state index is -0.707. The number of carbonyl (C=O) groups is 2. The molecule has 0 aliphatic carbocycles. The summed E-state index contributed by atoms with van der Waals surface area (Å²) in [6.45, 7) is 3.68. The van der Waals surface area contributed by atoms with Crippen LogP contribution in [0.1, 0.15) is 19.4 Å². The fourth-order valence-corrected chi connectivity index (χ4v) is 4.22. The zero-order valence-corrected chi connectivity index (χ0v) is 19.1. The van der Waals surface area contributed by atoms with Crippen LogP contribution in [0.15, 0.2) is 36.5 Å². The van der Waals surface area contributed by atoms with Crippen LogP contribution in [-0.4, -0.2) is 62.0 Å². The van der Waals surface area contributed by atoms with Gasteiger partial charge in [0.15, 0.2) is 6.10 Å². The molecule has 2 N–H and O–H groups in total. The molecular formula is C23H25N7O4. The lowest BCUT2D eigenvalue weighted by Gasteiger charge is -2.19. The summed E-state index contributed by atoms with van der Waals surface area (Å²) in [7, 11) is 1.70.